The van der Waals surface area contributed by atoms with E-state index < -0.39 is 0 Å². The van der Waals surface area contributed by atoms with Crippen LogP contribution in [0.3, 0.4) is 0 Å². The van der Waals surface area contributed by atoms with Gasteiger partial charge in [-0.1, -0.05) is 19.1 Å². The van der Waals surface area contributed by atoms with Crippen LogP contribution in [0, 0.1) is 0 Å². The van der Waals surface area contributed by atoms with Crippen molar-refractivity contribution in [1.82, 2.24) is 10.3 Å². The van der Waals surface area contributed by atoms with Gasteiger partial charge in [-0.25, -0.2) is 0 Å². The standard InChI is InChI=1S/C13H20N2/c1-3-5-8-13(4-2)15-11-12-7-6-9-14-10-12/h3,6-7,9-10,13,15H,1,4-5,8,11H2,2H3. The summed E-state index contributed by atoms with van der Waals surface area (Å²) in [6.07, 6.45) is 9.10. The quantitative estimate of drug-likeness (QED) is 0.691. The molecule has 0 fully saturated rings. The number of hydrogen-bond acceptors (Lipinski definition) is 2. The molecule has 1 rings (SSSR count). The molecule has 15 heavy (non-hydrogen) atoms. The third-order valence-corrected chi connectivity index (χ3v) is 2.53. The van der Waals surface area contributed by atoms with Gasteiger partial charge in [0, 0.05) is 25.0 Å². The average Bonchev–Trinajstić information content (AvgIpc) is 2.31. The summed E-state index contributed by atoms with van der Waals surface area (Å²) in [4.78, 5) is 4.09. The zero-order chi connectivity index (χ0) is 10.9. The lowest BCUT2D eigenvalue weighted by atomic mass is 10.1. The predicted octanol–water partition coefficient (Wildman–Crippen LogP) is 2.92. The predicted molar refractivity (Wildman–Crippen MR) is 64.6 cm³/mol. The van der Waals surface area contributed by atoms with Gasteiger partial charge in [0.1, 0.15) is 0 Å². The molecule has 1 atom stereocenters. The fraction of sp³-hybridized carbons (Fsp3) is 0.462. The van der Waals surface area contributed by atoms with E-state index in [0.717, 1.165) is 19.4 Å². The van der Waals surface area contributed by atoms with Gasteiger partial charge in [0.15, 0.2) is 0 Å². The van der Waals surface area contributed by atoms with Crippen LogP contribution in [-0.4, -0.2) is 11.0 Å². The van der Waals surface area contributed by atoms with E-state index >= 15 is 0 Å². The number of hydrogen-bond donors (Lipinski definition) is 1. The monoisotopic (exact) mass is 204 g/mol. The molecule has 0 aliphatic carbocycles. The second-order valence-electron chi connectivity index (χ2n) is 3.71. The first kappa shape index (κ1) is 11.9. The summed E-state index contributed by atoms with van der Waals surface area (Å²) < 4.78 is 0. The van der Waals surface area contributed by atoms with Crippen LogP contribution in [-0.2, 0) is 6.54 Å². The van der Waals surface area contributed by atoms with Crippen molar-refractivity contribution >= 4 is 0 Å². The van der Waals surface area contributed by atoms with E-state index in [1.54, 1.807) is 6.20 Å². The van der Waals surface area contributed by atoms with Crippen molar-refractivity contribution in [2.75, 3.05) is 0 Å². The number of aromatic nitrogens is 1. The molecule has 1 N–H and O–H groups in total. The Hall–Kier alpha value is -1.15. The van der Waals surface area contributed by atoms with E-state index in [1.165, 1.54) is 12.0 Å². The van der Waals surface area contributed by atoms with Gasteiger partial charge in [-0.05, 0) is 30.9 Å². The first-order chi connectivity index (χ1) is 7.36. The molecule has 1 aromatic heterocycles. The third kappa shape index (κ3) is 4.75. The van der Waals surface area contributed by atoms with Crippen LogP contribution in [0.25, 0.3) is 0 Å². The van der Waals surface area contributed by atoms with Crippen LogP contribution in [0.2, 0.25) is 0 Å². The van der Waals surface area contributed by atoms with Crippen LogP contribution in [0.1, 0.15) is 31.7 Å². The van der Waals surface area contributed by atoms with Crippen LogP contribution >= 0.6 is 0 Å². The van der Waals surface area contributed by atoms with Crippen molar-refractivity contribution in [3.05, 3.63) is 42.7 Å². The van der Waals surface area contributed by atoms with Crippen LogP contribution in [0.15, 0.2) is 37.2 Å². The second kappa shape index (κ2) is 7.18. The lowest BCUT2D eigenvalue weighted by molar-refractivity contribution is 0.470. The number of allylic oxidation sites excluding steroid dienone is 1. The summed E-state index contributed by atoms with van der Waals surface area (Å²) in [5.41, 5.74) is 1.24. The molecular weight excluding hydrogens is 184 g/mol. The Kier molecular flexibility index (Phi) is 5.71. The Morgan fingerprint density at radius 2 is 2.47 bits per heavy atom. The summed E-state index contributed by atoms with van der Waals surface area (Å²) in [7, 11) is 0. The molecule has 0 bridgehead atoms. The molecule has 0 saturated carbocycles. The van der Waals surface area contributed by atoms with Crippen molar-refractivity contribution in [2.24, 2.45) is 0 Å². The molecule has 0 radical (unpaired) electrons. The van der Waals surface area contributed by atoms with Gasteiger partial charge in [-0.2, -0.15) is 0 Å². The van der Waals surface area contributed by atoms with Crippen LogP contribution in [0.4, 0.5) is 0 Å². The van der Waals surface area contributed by atoms with E-state index in [2.05, 4.69) is 29.9 Å². The van der Waals surface area contributed by atoms with Gasteiger partial charge < -0.3 is 5.32 Å². The Balaban J connectivity index is 2.31. The van der Waals surface area contributed by atoms with Crippen LogP contribution in [0.5, 0.6) is 0 Å². The van der Waals surface area contributed by atoms with Crippen molar-refractivity contribution < 1.29 is 0 Å². The molecule has 0 spiro atoms. The maximum absolute atomic E-state index is 4.09. The Labute approximate surface area is 92.4 Å². The second-order valence-corrected chi connectivity index (χ2v) is 3.71. The maximum atomic E-state index is 4.09. The molecule has 0 aliphatic heterocycles. The fourth-order valence-electron chi connectivity index (χ4n) is 1.53. The van der Waals surface area contributed by atoms with E-state index in [-0.39, 0.29) is 0 Å². The zero-order valence-electron chi connectivity index (χ0n) is 9.45. The van der Waals surface area contributed by atoms with Crippen molar-refractivity contribution in [3.8, 4) is 0 Å². The maximum Gasteiger partial charge on any atom is 0.0312 e. The summed E-state index contributed by atoms with van der Waals surface area (Å²) >= 11 is 0. The number of pyridine rings is 1. The minimum absolute atomic E-state index is 0.586. The molecule has 1 heterocycles. The summed E-state index contributed by atoms with van der Waals surface area (Å²) in [5, 5.41) is 3.53. The van der Waals surface area contributed by atoms with E-state index in [9.17, 15) is 0 Å². The van der Waals surface area contributed by atoms with Gasteiger partial charge in [0.2, 0.25) is 0 Å². The molecule has 0 saturated heterocycles. The van der Waals surface area contributed by atoms with Crippen LogP contribution < -0.4 is 5.32 Å². The summed E-state index contributed by atoms with van der Waals surface area (Å²) in [5.74, 6) is 0. The van der Waals surface area contributed by atoms with E-state index in [1.807, 2.05) is 18.3 Å². The number of nitrogens with zero attached hydrogens (tertiary/aromatic N) is 1. The molecule has 1 aromatic rings. The van der Waals surface area contributed by atoms with Gasteiger partial charge >= 0.3 is 0 Å². The molecule has 0 aromatic carbocycles. The Bertz CT molecular complexity index is 269. The molecule has 0 amide bonds. The Morgan fingerprint density at radius 1 is 1.60 bits per heavy atom. The van der Waals surface area contributed by atoms with Gasteiger partial charge in [-0.3, -0.25) is 4.98 Å². The van der Waals surface area contributed by atoms with E-state index in [0.29, 0.717) is 6.04 Å². The highest BCUT2D eigenvalue weighted by molar-refractivity contribution is 5.07. The molecule has 0 aliphatic rings. The minimum atomic E-state index is 0.586. The molecule has 1 unspecified atom stereocenters. The average molecular weight is 204 g/mol. The highest BCUT2D eigenvalue weighted by Gasteiger charge is 2.03. The molecule has 2 heteroatoms. The minimum Gasteiger partial charge on any atom is -0.310 e. The molecule has 82 valence electrons. The number of nitrogens with one attached hydrogen (secondary N) is 1. The van der Waals surface area contributed by atoms with Crippen molar-refractivity contribution in [1.29, 1.82) is 0 Å². The van der Waals surface area contributed by atoms with Crippen molar-refractivity contribution in [3.63, 3.8) is 0 Å². The first-order valence-corrected chi connectivity index (χ1v) is 5.60. The normalized spacial score (nSPS) is 12.3. The molecule has 2 nitrogen and oxygen atoms in total. The lowest BCUT2D eigenvalue weighted by Crippen LogP contribution is -2.27. The first-order valence-electron chi connectivity index (χ1n) is 5.60. The zero-order valence-corrected chi connectivity index (χ0v) is 9.45. The summed E-state index contributed by atoms with van der Waals surface area (Å²) in [6, 6.07) is 4.66. The third-order valence-electron chi connectivity index (χ3n) is 2.53. The highest BCUT2D eigenvalue weighted by Crippen LogP contribution is 2.04. The number of rotatable bonds is 7. The van der Waals surface area contributed by atoms with Crippen molar-refractivity contribution in [2.45, 2.75) is 38.8 Å². The highest BCUT2D eigenvalue weighted by atomic mass is 14.9. The Morgan fingerprint density at radius 3 is 3.07 bits per heavy atom. The molecular formula is C13H20N2. The lowest BCUT2D eigenvalue weighted by Gasteiger charge is -2.15. The SMILES string of the molecule is C=CCCC(CC)NCc1cccnc1. The van der Waals surface area contributed by atoms with Gasteiger partial charge in [-0.15, -0.1) is 6.58 Å². The summed E-state index contributed by atoms with van der Waals surface area (Å²) in [6.45, 7) is 6.87. The smallest absolute Gasteiger partial charge is 0.0312 e. The topological polar surface area (TPSA) is 24.9 Å². The van der Waals surface area contributed by atoms with Gasteiger partial charge in [0.05, 0.1) is 0 Å². The van der Waals surface area contributed by atoms with E-state index in [4.69, 9.17) is 0 Å². The largest absolute Gasteiger partial charge is 0.310 e. The van der Waals surface area contributed by atoms with Gasteiger partial charge in [0.25, 0.3) is 0 Å². The fourth-order valence-corrected chi connectivity index (χ4v) is 1.53.